The summed E-state index contributed by atoms with van der Waals surface area (Å²) < 4.78 is 0. The minimum absolute atomic E-state index is 0.0616. The number of nitrogens with zero attached hydrogens (tertiary/aromatic N) is 2. The molecule has 5 nitrogen and oxygen atoms in total. The van der Waals surface area contributed by atoms with E-state index in [1.165, 1.54) is 16.6 Å². The highest BCUT2D eigenvalue weighted by atomic mass is 32.2. The van der Waals surface area contributed by atoms with Crippen molar-refractivity contribution in [2.24, 2.45) is 0 Å². The van der Waals surface area contributed by atoms with Gasteiger partial charge in [0.05, 0.1) is 5.25 Å². The van der Waals surface area contributed by atoms with Crippen molar-refractivity contribution in [1.82, 2.24) is 15.2 Å². The molecule has 2 aromatic heterocycles. The van der Waals surface area contributed by atoms with Crippen LogP contribution < -0.4 is 5.32 Å². The number of hydrogen-bond donors (Lipinski definition) is 2. The fourth-order valence-corrected chi connectivity index (χ4v) is 3.53. The van der Waals surface area contributed by atoms with Crippen molar-refractivity contribution in [3.05, 3.63) is 58.0 Å². The fraction of sp³-hybridized carbons (Fsp3) is 0.235. The molecule has 1 unspecified atom stereocenters. The molecule has 0 aliphatic carbocycles. The summed E-state index contributed by atoms with van der Waals surface area (Å²) >= 11 is 3.03. The Kier molecular flexibility index (Phi) is 5.32. The molecule has 0 aliphatic rings. The Labute approximate surface area is 148 Å². The molecule has 0 radical (unpaired) electrons. The molecule has 1 amide bonds. The molecular weight excluding hydrogens is 340 g/mol. The third-order valence-corrected chi connectivity index (χ3v) is 5.24. The summed E-state index contributed by atoms with van der Waals surface area (Å²) in [7, 11) is 0. The second-order valence-electron chi connectivity index (χ2n) is 5.44. The van der Waals surface area contributed by atoms with E-state index >= 15 is 0 Å². The summed E-state index contributed by atoms with van der Waals surface area (Å²) in [6.45, 7) is 3.87. The zero-order chi connectivity index (χ0) is 16.9. The van der Waals surface area contributed by atoms with Crippen LogP contribution in [-0.4, -0.2) is 26.3 Å². The van der Waals surface area contributed by atoms with Gasteiger partial charge in [-0.25, -0.2) is 4.98 Å². The van der Waals surface area contributed by atoms with Gasteiger partial charge >= 0.3 is 0 Å². The topological polar surface area (TPSA) is 70.7 Å². The molecule has 2 N–H and O–H groups in total. The molecular formula is C17H18N4OS2. The normalized spacial score (nSPS) is 12.1. The predicted octanol–water partition coefficient (Wildman–Crippen LogP) is 3.88. The Morgan fingerprint density at radius 1 is 1.33 bits per heavy atom. The van der Waals surface area contributed by atoms with Gasteiger partial charge in [-0.15, -0.1) is 16.4 Å². The van der Waals surface area contributed by atoms with Gasteiger partial charge in [0.25, 0.3) is 0 Å². The van der Waals surface area contributed by atoms with E-state index in [-0.39, 0.29) is 11.2 Å². The first-order chi connectivity index (χ1) is 11.6. The molecule has 7 heteroatoms. The van der Waals surface area contributed by atoms with Crippen molar-refractivity contribution in [3.63, 3.8) is 0 Å². The molecule has 1 aromatic carbocycles. The van der Waals surface area contributed by atoms with Gasteiger partial charge in [-0.3, -0.25) is 9.89 Å². The minimum Gasteiger partial charge on any atom is -0.325 e. The molecule has 0 aliphatic heterocycles. The summed E-state index contributed by atoms with van der Waals surface area (Å²) in [5, 5.41) is 12.4. The molecule has 0 saturated heterocycles. The second-order valence-corrected chi connectivity index (χ2v) is 7.78. The lowest BCUT2D eigenvalue weighted by Crippen LogP contribution is -2.22. The molecule has 24 heavy (non-hydrogen) atoms. The van der Waals surface area contributed by atoms with Crippen LogP contribution in [0.25, 0.3) is 0 Å². The predicted molar refractivity (Wildman–Crippen MR) is 98.6 cm³/mol. The van der Waals surface area contributed by atoms with Crippen LogP contribution in [0.5, 0.6) is 0 Å². The fourth-order valence-electron chi connectivity index (χ4n) is 2.08. The summed E-state index contributed by atoms with van der Waals surface area (Å²) in [6, 6.07) is 11.8. The number of carbonyl (C=O) groups is 1. The molecule has 124 valence electrons. The van der Waals surface area contributed by atoms with Gasteiger partial charge in [0, 0.05) is 17.0 Å². The van der Waals surface area contributed by atoms with Crippen molar-refractivity contribution in [1.29, 1.82) is 0 Å². The average Bonchev–Trinajstić information content (AvgIpc) is 3.22. The van der Waals surface area contributed by atoms with E-state index in [1.807, 2.05) is 49.6 Å². The molecule has 3 aromatic rings. The van der Waals surface area contributed by atoms with E-state index in [9.17, 15) is 4.79 Å². The first-order valence-electron chi connectivity index (χ1n) is 7.58. The lowest BCUT2D eigenvalue weighted by atomic mass is 10.2. The third kappa shape index (κ3) is 4.46. The van der Waals surface area contributed by atoms with Crippen molar-refractivity contribution >= 4 is 34.7 Å². The number of benzene rings is 1. The Morgan fingerprint density at radius 2 is 2.12 bits per heavy atom. The Balaban J connectivity index is 1.56. The lowest BCUT2D eigenvalue weighted by molar-refractivity contribution is -0.115. The second kappa shape index (κ2) is 7.63. The zero-order valence-electron chi connectivity index (χ0n) is 13.4. The van der Waals surface area contributed by atoms with E-state index in [0.717, 1.165) is 23.5 Å². The zero-order valence-corrected chi connectivity index (χ0v) is 15.1. The number of amides is 1. The molecule has 3 rings (SSSR count). The van der Waals surface area contributed by atoms with Crippen molar-refractivity contribution in [3.8, 4) is 0 Å². The van der Waals surface area contributed by atoms with Crippen LogP contribution in [0.15, 0.2) is 46.9 Å². The number of thiophene rings is 1. The van der Waals surface area contributed by atoms with E-state index in [1.54, 1.807) is 11.3 Å². The van der Waals surface area contributed by atoms with Crippen LogP contribution in [0.2, 0.25) is 0 Å². The number of aryl methyl sites for hydroxylation is 1. The highest BCUT2D eigenvalue weighted by molar-refractivity contribution is 8.00. The van der Waals surface area contributed by atoms with Crippen LogP contribution in [0.3, 0.4) is 0 Å². The SMILES string of the molecule is Cc1ccc(NC(=O)C(C)Sc2n[nH]c(Cc3cccs3)n2)cc1. The van der Waals surface area contributed by atoms with Crippen LogP contribution in [0, 0.1) is 6.92 Å². The summed E-state index contributed by atoms with van der Waals surface area (Å²) in [5.41, 5.74) is 1.96. The third-order valence-electron chi connectivity index (χ3n) is 3.40. The number of aromatic amines is 1. The van der Waals surface area contributed by atoms with Crippen molar-refractivity contribution in [2.75, 3.05) is 5.32 Å². The Hall–Kier alpha value is -2.12. The van der Waals surface area contributed by atoms with Crippen molar-refractivity contribution in [2.45, 2.75) is 30.7 Å². The molecule has 0 bridgehead atoms. The number of aromatic nitrogens is 3. The van der Waals surface area contributed by atoms with Gasteiger partial charge in [-0.1, -0.05) is 35.5 Å². The number of rotatable bonds is 6. The standard InChI is InChI=1S/C17H18N4OS2/c1-11-5-7-13(8-6-11)18-16(22)12(2)24-17-19-15(20-21-17)10-14-4-3-9-23-14/h3-9,12H,10H2,1-2H3,(H,18,22)(H,19,20,21). The smallest absolute Gasteiger partial charge is 0.237 e. The lowest BCUT2D eigenvalue weighted by Gasteiger charge is -2.10. The largest absolute Gasteiger partial charge is 0.325 e. The quantitative estimate of drug-likeness (QED) is 0.656. The maximum Gasteiger partial charge on any atom is 0.237 e. The van der Waals surface area contributed by atoms with Crippen LogP contribution in [-0.2, 0) is 11.2 Å². The molecule has 2 heterocycles. The Morgan fingerprint density at radius 3 is 2.83 bits per heavy atom. The monoisotopic (exact) mass is 358 g/mol. The molecule has 0 spiro atoms. The van der Waals surface area contributed by atoms with Gasteiger partial charge in [-0.2, -0.15) is 0 Å². The molecule has 0 fully saturated rings. The molecule has 1 atom stereocenters. The summed E-state index contributed by atoms with van der Waals surface area (Å²) in [4.78, 5) is 17.9. The highest BCUT2D eigenvalue weighted by Crippen LogP contribution is 2.22. The number of hydrogen-bond acceptors (Lipinski definition) is 5. The van der Waals surface area contributed by atoms with E-state index in [0.29, 0.717) is 5.16 Å². The van der Waals surface area contributed by atoms with E-state index in [4.69, 9.17) is 0 Å². The van der Waals surface area contributed by atoms with Gasteiger partial charge in [0.1, 0.15) is 5.82 Å². The van der Waals surface area contributed by atoms with Gasteiger partial charge in [-0.05, 0) is 37.4 Å². The maximum absolute atomic E-state index is 12.3. The highest BCUT2D eigenvalue weighted by Gasteiger charge is 2.17. The van der Waals surface area contributed by atoms with Crippen LogP contribution >= 0.6 is 23.1 Å². The summed E-state index contributed by atoms with van der Waals surface area (Å²) in [5.74, 6) is 0.750. The van der Waals surface area contributed by atoms with Gasteiger partial charge < -0.3 is 5.32 Å². The van der Waals surface area contributed by atoms with Gasteiger partial charge in [0.2, 0.25) is 11.1 Å². The van der Waals surface area contributed by atoms with E-state index < -0.39 is 0 Å². The number of H-pyrrole nitrogens is 1. The van der Waals surface area contributed by atoms with Crippen LogP contribution in [0.1, 0.15) is 23.2 Å². The van der Waals surface area contributed by atoms with Gasteiger partial charge in [0.15, 0.2) is 0 Å². The van der Waals surface area contributed by atoms with E-state index in [2.05, 4.69) is 26.6 Å². The average molecular weight is 358 g/mol. The summed E-state index contributed by atoms with van der Waals surface area (Å²) in [6.07, 6.45) is 0.731. The number of anilines is 1. The minimum atomic E-state index is -0.281. The number of thioether (sulfide) groups is 1. The Bertz CT molecular complexity index is 796. The van der Waals surface area contributed by atoms with Crippen LogP contribution in [0.4, 0.5) is 5.69 Å². The first kappa shape index (κ1) is 16.7. The number of nitrogens with one attached hydrogen (secondary N) is 2. The number of carbonyl (C=O) groups excluding carboxylic acids is 1. The maximum atomic E-state index is 12.3. The van der Waals surface area contributed by atoms with Crippen molar-refractivity contribution < 1.29 is 4.79 Å². The molecule has 0 saturated carbocycles. The first-order valence-corrected chi connectivity index (χ1v) is 9.34.